The van der Waals surface area contributed by atoms with Crippen LogP contribution in [0.1, 0.15) is 18.1 Å². The topological polar surface area (TPSA) is 12.5 Å². The van der Waals surface area contributed by atoms with Gasteiger partial charge in [0.2, 0.25) is 0 Å². The highest BCUT2D eigenvalue weighted by molar-refractivity contribution is 5.72. The Morgan fingerprint density at radius 2 is 2.17 bits per heavy atom. The summed E-state index contributed by atoms with van der Waals surface area (Å²) in [6, 6.07) is 4.70. The highest BCUT2D eigenvalue weighted by atomic mass is 16.5. The van der Waals surface area contributed by atoms with Crippen molar-refractivity contribution in [2.45, 2.75) is 32.4 Å². The number of hydrogen-bond donors (Lipinski definition) is 0. The third kappa shape index (κ3) is 1.23. The second-order valence-electron chi connectivity index (χ2n) is 5.49. The first-order chi connectivity index (χ1) is 8.74. The van der Waals surface area contributed by atoms with Gasteiger partial charge in [0, 0.05) is 6.54 Å². The fraction of sp³-hybridized carbons (Fsp3) is 0.375. The fourth-order valence-corrected chi connectivity index (χ4v) is 3.39. The summed E-state index contributed by atoms with van der Waals surface area (Å²) in [5, 5.41) is 0. The van der Waals surface area contributed by atoms with Gasteiger partial charge < -0.3 is 9.64 Å². The fourth-order valence-electron chi connectivity index (χ4n) is 3.39. The lowest BCUT2D eigenvalue weighted by Gasteiger charge is -2.40. The number of anilines is 1. The quantitative estimate of drug-likeness (QED) is 0.690. The van der Waals surface area contributed by atoms with E-state index in [2.05, 4.69) is 49.1 Å². The van der Waals surface area contributed by atoms with Gasteiger partial charge in [0.15, 0.2) is 0 Å². The molecule has 0 radical (unpaired) electrons. The molecule has 1 aromatic rings. The number of nitrogens with zero attached hydrogens (tertiary/aromatic N) is 1. The van der Waals surface area contributed by atoms with Crippen LogP contribution in [-0.4, -0.2) is 18.7 Å². The second kappa shape index (κ2) is 3.41. The standard InChI is InChI=1S/C16H17NO/c1-10-3-5-13-15(9-10)18-14-6-4-11(2)12-7-8-17(13)16(12)14/h3-6,9,13,15H,7-8H2,1-2H3. The lowest BCUT2D eigenvalue weighted by atomic mass is 9.97. The number of allylic oxidation sites excluding steroid dienone is 2. The van der Waals surface area contributed by atoms with E-state index in [0.717, 1.165) is 18.7 Å². The predicted molar refractivity (Wildman–Crippen MR) is 73.3 cm³/mol. The van der Waals surface area contributed by atoms with Crippen LogP contribution in [0, 0.1) is 6.92 Å². The van der Waals surface area contributed by atoms with Gasteiger partial charge in [-0.05, 0) is 43.5 Å². The van der Waals surface area contributed by atoms with Crippen molar-refractivity contribution in [2.75, 3.05) is 11.4 Å². The van der Waals surface area contributed by atoms with Crippen molar-refractivity contribution in [3.05, 3.63) is 47.1 Å². The summed E-state index contributed by atoms with van der Waals surface area (Å²) in [7, 11) is 0. The van der Waals surface area contributed by atoms with E-state index >= 15 is 0 Å². The third-order valence-electron chi connectivity index (χ3n) is 4.31. The van der Waals surface area contributed by atoms with E-state index in [1.54, 1.807) is 0 Å². The Kier molecular flexibility index (Phi) is 1.94. The van der Waals surface area contributed by atoms with E-state index < -0.39 is 0 Å². The average Bonchev–Trinajstić information content (AvgIpc) is 2.80. The third-order valence-corrected chi connectivity index (χ3v) is 4.31. The molecule has 2 nitrogen and oxygen atoms in total. The Labute approximate surface area is 108 Å². The summed E-state index contributed by atoms with van der Waals surface area (Å²) in [6.45, 7) is 5.46. The van der Waals surface area contributed by atoms with E-state index in [-0.39, 0.29) is 6.10 Å². The van der Waals surface area contributed by atoms with Crippen molar-refractivity contribution in [3.63, 3.8) is 0 Å². The first-order valence-electron chi connectivity index (χ1n) is 6.66. The molecule has 1 aromatic carbocycles. The van der Waals surface area contributed by atoms with Crippen molar-refractivity contribution in [2.24, 2.45) is 0 Å². The maximum atomic E-state index is 6.18. The molecule has 2 aliphatic heterocycles. The van der Waals surface area contributed by atoms with Gasteiger partial charge in [-0.25, -0.2) is 0 Å². The summed E-state index contributed by atoms with van der Waals surface area (Å²) in [4.78, 5) is 2.52. The molecule has 0 bridgehead atoms. The summed E-state index contributed by atoms with van der Waals surface area (Å²) in [6.07, 6.45) is 8.07. The van der Waals surface area contributed by atoms with E-state index in [1.807, 2.05) is 0 Å². The summed E-state index contributed by atoms with van der Waals surface area (Å²) in [5.41, 5.74) is 5.51. The van der Waals surface area contributed by atoms with Crippen LogP contribution in [0.2, 0.25) is 0 Å². The van der Waals surface area contributed by atoms with Crippen LogP contribution in [0.15, 0.2) is 35.9 Å². The minimum absolute atomic E-state index is 0.177. The molecule has 2 atom stereocenters. The number of hydrogen-bond acceptors (Lipinski definition) is 2. The molecule has 18 heavy (non-hydrogen) atoms. The molecule has 1 aliphatic carbocycles. The van der Waals surface area contributed by atoms with Crippen LogP contribution in [0.25, 0.3) is 0 Å². The zero-order valence-electron chi connectivity index (χ0n) is 10.8. The SMILES string of the molecule is CC1=CC2Oc3ccc(C)c4c3N(CC4)C2C=C1. The van der Waals surface area contributed by atoms with Gasteiger partial charge in [-0.3, -0.25) is 0 Å². The number of rotatable bonds is 0. The first kappa shape index (κ1) is 10.2. The number of fused-ring (bicyclic) bond motifs is 2. The van der Waals surface area contributed by atoms with Crippen LogP contribution in [0.5, 0.6) is 5.75 Å². The highest BCUT2D eigenvalue weighted by Crippen LogP contribution is 2.45. The Balaban J connectivity index is 1.88. The largest absolute Gasteiger partial charge is 0.482 e. The molecule has 0 N–H and O–H groups in total. The van der Waals surface area contributed by atoms with Crippen molar-refractivity contribution < 1.29 is 4.74 Å². The predicted octanol–water partition coefficient (Wildman–Crippen LogP) is 3.00. The molecule has 3 aliphatic rings. The van der Waals surface area contributed by atoms with Crippen molar-refractivity contribution >= 4 is 5.69 Å². The van der Waals surface area contributed by atoms with Gasteiger partial charge >= 0.3 is 0 Å². The molecule has 2 unspecified atom stereocenters. The smallest absolute Gasteiger partial charge is 0.143 e. The molecule has 0 spiro atoms. The normalized spacial score (nSPS) is 27.4. The molecule has 0 saturated heterocycles. The minimum atomic E-state index is 0.177. The van der Waals surface area contributed by atoms with Gasteiger partial charge in [0.1, 0.15) is 11.9 Å². The molecule has 4 rings (SSSR count). The monoisotopic (exact) mass is 239 g/mol. The molecular formula is C16H17NO. The molecule has 0 fully saturated rings. The van der Waals surface area contributed by atoms with Crippen LogP contribution < -0.4 is 9.64 Å². The van der Waals surface area contributed by atoms with E-state index in [0.29, 0.717) is 6.04 Å². The first-order valence-corrected chi connectivity index (χ1v) is 6.66. The Morgan fingerprint density at radius 3 is 3.06 bits per heavy atom. The maximum Gasteiger partial charge on any atom is 0.143 e. The van der Waals surface area contributed by atoms with Crippen molar-refractivity contribution in [1.82, 2.24) is 0 Å². The Bertz CT molecular complexity index is 585. The van der Waals surface area contributed by atoms with Gasteiger partial charge in [-0.15, -0.1) is 0 Å². The van der Waals surface area contributed by atoms with Crippen LogP contribution in [0.4, 0.5) is 5.69 Å². The average molecular weight is 239 g/mol. The lowest BCUT2D eigenvalue weighted by Crippen LogP contribution is -2.47. The second-order valence-corrected chi connectivity index (χ2v) is 5.49. The number of aryl methyl sites for hydroxylation is 1. The van der Waals surface area contributed by atoms with Crippen molar-refractivity contribution in [3.8, 4) is 5.75 Å². The van der Waals surface area contributed by atoms with Crippen LogP contribution >= 0.6 is 0 Å². The van der Waals surface area contributed by atoms with E-state index in [9.17, 15) is 0 Å². The summed E-state index contributed by atoms with van der Waals surface area (Å²) >= 11 is 0. The highest BCUT2D eigenvalue weighted by Gasteiger charge is 2.38. The van der Waals surface area contributed by atoms with Gasteiger partial charge in [-0.2, -0.15) is 0 Å². The summed E-state index contributed by atoms with van der Waals surface area (Å²) in [5.74, 6) is 1.06. The minimum Gasteiger partial charge on any atom is -0.482 e. The molecule has 0 saturated carbocycles. The Morgan fingerprint density at radius 1 is 1.28 bits per heavy atom. The lowest BCUT2D eigenvalue weighted by molar-refractivity contribution is 0.213. The zero-order chi connectivity index (χ0) is 12.3. The van der Waals surface area contributed by atoms with E-state index in [1.165, 1.54) is 22.4 Å². The molecule has 92 valence electrons. The summed E-state index contributed by atoms with van der Waals surface area (Å²) < 4.78 is 6.18. The van der Waals surface area contributed by atoms with Crippen LogP contribution in [0.3, 0.4) is 0 Å². The zero-order valence-corrected chi connectivity index (χ0v) is 10.8. The molecule has 2 heterocycles. The number of benzene rings is 1. The molecule has 2 heteroatoms. The molecule has 0 aromatic heterocycles. The van der Waals surface area contributed by atoms with Crippen LogP contribution in [-0.2, 0) is 6.42 Å². The molecule has 0 amide bonds. The Hall–Kier alpha value is -1.70. The molecular weight excluding hydrogens is 222 g/mol. The van der Waals surface area contributed by atoms with E-state index in [4.69, 9.17) is 4.74 Å². The number of ether oxygens (including phenoxy) is 1. The maximum absolute atomic E-state index is 6.18. The van der Waals surface area contributed by atoms with Gasteiger partial charge in [0.05, 0.1) is 11.7 Å². The van der Waals surface area contributed by atoms with Gasteiger partial charge in [0.25, 0.3) is 0 Å². The van der Waals surface area contributed by atoms with Gasteiger partial charge in [-0.1, -0.05) is 23.8 Å². The van der Waals surface area contributed by atoms with Crippen molar-refractivity contribution in [1.29, 1.82) is 0 Å².